The Labute approximate surface area is 135 Å². The van der Waals surface area contributed by atoms with Crippen molar-refractivity contribution in [3.05, 3.63) is 11.6 Å². The molecule has 2 aliphatic rings. The van der Waals surface area contributed by atoms with E-state index in [0.29, 0.717) is 5.88 Å². The van der Waals surface area contributed by atoms with Crippen molar-refractivity contribution < 1.29 is 9.59 Å². The lowest BCUT2D eigenvalue weighted by atomic mass is 10.1. The maximum Gasteiger partial charge on any atom is 0.250 e. The fraction of sp³-hybridized carbons (Fsp3) is 0.733. The third kappa shape index (κ3) is 4.19. The maximum absolute atomic E-state index is 12.7. The lowest BCUT2D eigenvalue weighted by molar-refractivity contribution is -0.141. The van der Waals surface area contributed by atoms with Crippen LogP contribution in [0.5, 0.6) is 0 Å². The van der Waals surface area contributed by atoms with Gasteiger partial charge < -0.3 is 9.80 Å². The number of carbonyl (C=O) groups excluding carboxylic acids is 2. The van der Waals surface area contributed by atoms with Crippen LogP contribution in [0.3, 0.4) is 0 Å². The van der Waals surface area contributed by atoms with E-state index in [0.717, 1.165) is 48.8 Å². The van der Waals surface area contributed by atoms with Crippen LogP contribution in [-0.4, -0.2) is 63.9 Å². The molecule has 2 amide bonds. The summed E-state index contributed by atoms with van der Waals surface area (Å²) in [6, 6.07) is -0.272. The number of nitrogens with zero attached hydrogens (tertiary/aromatic N) is 2. The van der Waals surface area contributed by atoms with E-state index in [1.165, 1.54) is 0 Å². The van der Waals surface area contributed by atoms with E-state index in [1.807, 2.05) is 36.6 Å². The molecule has 1 unspecified atom stereocenters. The van der Waals surface area contributed by atoms with Gasteiger partial charge in [-0.25, -0.2) is 0 Å². The van der Waals surface area contributed by atoms with Gasteiger partial charge in [0.25, 0.3) is 5.91 Å². The largest absolute Gasteiger partial charge is 0.340 e. The molecule has 0 spiro atoms. The Bertz CT molecular complexity index is 418. The number of hydrogen-bond acceptors (Lipinski definition) is 4. The molecule has 0 aromatic heterocycles. The number of thioether (sulfide) groups is 2. The summed E-state index contributed by atoms with van der Waals surface area (Å²) in [4.78, 5) is 28.9. The molecule has 1 atom stereocenters. The topological polar surface area (TPSA) is 40.6 Å². The fourth-order valence-corrected chi connectivity index (χ4v) is 4.68. The van der Waals surface area contributed by atoms with E-state index in [-0.39, 0.29) is 17.9 Å². The second-order valence-corrected chi connectivity index (χ2v) is 7.60. The third-order valence-corrected chi connectivity index (χ3v) is 5.87. The van der Waals surface area contributed by atoms with E-state index in [2.05, 4.69) is 0 Å². The summed E-state index contributed by atoms with van der Waals surface area (Å²) in [5, 5.41) is 0. The van der Waals surface area contributed by atoms with Gasteiger partial charge in [-0.15, -0.1) is 11.8 Å². The molecule has 2 aliphatic heterocycles. The maximum atomic E-state index is 12.7. The van der Waals surface area contributed by atoms with Crippen LogP contribution in [0.15, 0.2) is 11.6 Å². The van der Waals surface area contributed by atoms with Crippen LogP contribution in [0, 0.1) is 0 Å². The van der Waals surface area contributed by atoms with Crippen molar-refractivity contribution in [2.45, 2.75) is 32.7 Å². The molecule has 0 aliphatic carbocycles. The monoisotopic (exact) mass is 328 g/mol. The van der Waals surface area contributed by atoms with Gasteiger partial charge in [0.2, 0.25) is 5.91 Å². The Balaban J connectivity index is 2.05. The van der Waals surface area contributed by atoms with Crippen LogP contribution < -0.4 is 0 Å². The van der Waals surface area contributed by atoms with Crippen molar-refractivity contribution in [2.75, 3.05) is 36.2 Å². The van der Waals surface area contributed by atoms with E-state index in [1.54, 1.807) is 16.7 Å². The van der Waals surface area contributed by atoms with E-state index in [9.17, 15) is 9.59 Å². The second kappa shape index (κ2) is 8.13. The highest BCUT2D eigenvalue weighted by Crippen LogP contribution is 2.25. The van der Waals surface area contributed by atoms with Crippen molar-refractivity contribution in [1.82, 2.24) is 9.80 Å². The predicted molar refractivity (Wildman–Crippen MR) is 90.5 cm³/mol. The van der Waals surface area contributed by atoms with Crippen LogP contribution in [0.2, 0.25) is 0 Å². The summed E-state index contributed by atoms with van der Waals surface area (Å²) < 4.78 is 0. The zero-order valence-electron chi connectivity index (χ0n) is 12.8. The molecule has 4 nitrogen and oxygen atoms in total. The van der Waals surface area contributed by atoms with Gasteiger partial charge in [0, 0.05) is 30.2 Å². The molecule has 0 radical (unpaired) electrons. The SMILES string of the molecule is CCC=C(C)C(=O)N1CSCC1C(=O)N1CCCSCC1. The zero-order valence-corrected chi connectivity index (χ0v) is 14.5. The van der Waals surface area contributed by atoms with Gasteiger partial charge in [-0.2, -0.15) is 11.8 Å². The lowest BCUT2D eigenvalue weighted by Gasteiger charge is -2.29. The number of amides is 2. The highest BCUT2D eigenvalue weighted by molar-refractivity contribution is 7.99. The van der Waals surface area contributed by atoms with Crippen LogP contribution >= 0.6 is 23.5 Å². The Kier molecular flexibility index (Phi) is 6.48. The lowest BCUT2D eigenvalue weighted by Crippen LogP contribution is -2.49. The summed E-state index contributed by atoms with van der Waals surface area (Å²) in [5.41, 5.74) is 0.754. The molecule has 0 N–H and O–H groups in total. The molecule has 21 heavy (non-hydrogen) atoms. The molecule has 0 bridgehead atoms. The minimum absolute atomic E-state index is 0.0180. The summed E-state index contributed by atoms with van der Waals surface area (Å²) >= 11 is 3.59. The first-order valence-electron chi connectivity index (χ1n) is 7.57. The molecule has 2 fully saturated rings. The van der Waals surface area contributed by atoms with Crippen LogP contribution in [0.4, 0.5) is 0 Å². The van der Waals surface area contributed by atoms with E-state index in [4.69, 9.17) is 0 Å². The highest BCUT2D eigenvalue weighted by Gasteiger charge is 2.37. The van der Waals surface area contributed by atoms with Gasteiger partial charge in [-0.1, -0.05) is 13.0 Å². The molecular weight excluding hydrogens is 304 g/mol. The molecular formula is C15H24N2O2S2. The first-order chi connectivity index (χ1) is 10.1. The van der Waals surface area contributed by atoms with Crippen molar-refractivity contribution in [3.63, 3.8) is 0 Å². The van der Waals surface area contributed by atoms with Crippen LogP contribution in [0.1, 0.15) is 26.7 Å². The van der Waals surface area contributed by atoms with Gasteiger partial charge in [0.1, 0.15) is 6.04 Å². The molecule has 0 aromatic carbocycles. The Hall–Kier alpha value is -0.620. The van der Waals surface area contributed by atoms with Gasteiger partial charge in [0.15, 0.2) is 0 Å². The number of carbonyl (C=O) groups is 2. The molecule has 2 saturated heterocycles. The Morgan fingerprint density at radius 1 is 1.24 bits per heavy atom. The summed E-state index contributed by atoms with van der Waals surface area (Å²) in [6.07, 6.45) is 3.84. The first kappa shape index (κ1) is 16.7. The summed E-state index contributed by atoms with van der Waals surface area (Å²) in [6.45, 7) is 5.52. The van der Waals surface area contributed by atoms with E-state index >= 15 is 0 Å². The van der Waals surface area contributed by atoms with Gasteiger partial charge in [-0.3, -0.25) is 9.59 Å². The molecule has 0 aromatic rings. The number of allylic oxidation sites excluding steroid dienone is 1. The third-order valence-electron chi connectivity index (χ3n) is 3.81. The normalized spacial score (nSPS) is 24.1. The average Bonchev–Trinajstić information content (AvgIpc) is 2.80. The smallest absolute Gasteiger partial charge is 0.250 e. The minimum Gasteiger partial charge on any atom is -0.340 e. The Morgan fingerprint density at radius 2 is 2.05 bits per heavy atom. The van der Waals surface area contributed by atoms with Gasteiger partial charge >= 0.3 is 0 Å². The summed E-state index contributed by atoms with van der Waals surface area (Å²) in [7, 11) is 0. The average molecular weight is 329 g/mol. The van der Waals surface area contributed by atoms with Crippen LogP contribution in [0.25, 0.3) is 0 Å². The number of rotatable bonds is 3. The zero-order chi connectivity index (χ0) is 15.2. The summed E-state index contributed by atoms with van der Waals surface area (Å²) in [5.74, 6) is 3.66. The first-order valence-corrected chi connectivity index (χ1v) is 9.88. The molecule has 6 heteroatoms. The standard InChI is InChI=1S/C15H24N2O2S2/c1-3-5-12(2)14(18)17-11-21-10-13(17)15(19)16-6-4-8-20-9-7-16/h5,13H,3-4,6-11H2,1-2H3. The number of hydrogen-bond donors (Lipinski definition) is 0. The quantitative estimate of drug-likeness (QED) is 0.745. The molecule has 118 valence electrons. The van der Waals surface area contributed by atoms with Gasteiger partial charge in [-0.05, 0) is 25.5 Å². The molecule has 2 heterocycles. The Morgan fingerprint density at radius 3 is 2.81 bits per heavy atom. The van der Waals surface area contributed by atoms with Gasteiger partial charge in [0.05, 0.1) is 5.88 Å². The molecule has 2 rings (SSSR count). The second-order valence-electron chi connectivity index (χ2n) is 5.38. The highest BCUT2D eigenvalue weighted by atomic mass is 32.2. The fourth-order valence-electron chi connectivity index (χ4n) is 2.64. The minimum atomic E-state index is -0.272. The molecule has 0 saturated carbocycles. The van der Waals surface area contributed by atoms with Crippen LogP contribution in [-0.2, 0) is 9.59 Å². The van der Waals surface area contributed by atoms with Crippen molar-refractivity contribution in [3.8, 4) is 0 Å². The predicted octanol–water partition coefficient (Wildman–Crippen LogP) is 2.21. The van der Waals surface area contributed by atoms with Crippen molar-refractivity contribution >= 4 is 35.3 Å². The van der Waals surface area contributed by atoms with Crippen molar-refractivity contribution in [2.24, 2.45) is 0 Å². The van der Waals surface area contributed by atoms with Crippen molar-refractivity contribution in [1.29, 1.82) is 0 Å². The van der Waals surface area contributed by atoms with E-state index < -0.39 is 0 Å².